The van der Waals surface area contributed by atoms with Gasteiger partial charge in [-0.25, -0.2) is 4.79 Å². The highest BCUT2D eigenvalue weighted by Crippen LogP contribution is 2.25. The summed E-state index contributed by atoms with van der Waals surface area (Å²) in [6.07, 6.45) is 0. The van der Waals surface area contributed by atoms with Crippen molar-refractivity contribution in [1.29, 1.82) is 0 Å². The molecule has 2 aromatic rings. The lowest BCUT2D eigenvalue weighted by Crippen LogP contribution is -2.05. The summed E-state index contributed by atoms with van der Waals surface area (Å²) in [5.41, 5.74) is 1.68. The van der Waals surface area contributed by atoms with Crippen molar-refractivity contribution in [2.24, 2.45) is 0 Å². The molecular weight excluding hydrogens is 266 g/mol. The summed E-state index contributed by atoms with van der Waals surface area (Å²) in [4.78, 5) is 11.7. The van der Waals surface area contributed by atoms with Gasteiger partial charge in [-0.05, 0) is 42.5 Å². The number of esters is 1. The SMILES string of the molecule is COC(=O)c1cc(Cl)ccc1Nc1ccc(O)cc1. The molecule has 0 aliphatic carbocycles. The second-order valence-electron chi connectivity index (χ2n) is 3.85. The van der Waals surface area contributed by atoms with Gasteiger partial charge in [0.1, 0.15) is 5.75 Å². The van der Waals surface area contributed by atoms with Gasteiger partial charge in [-0.2, -0.15) is 0 Å². The molecule has 0 radical (unpaired) electrons. The van der Waals surface area contributed by atoms with Crippen LogP contribution in [0.5, 0.6) is 5.75 Å². The number of methoxy groups -OCH3 is 1. The van der Waals surface area contributed by atoms with Gasteiger partial charge in [0.25, 0.3) is 0 Å². The van der Waals surface area contributed by atoms with Crippen LogP contribution in [0.3, 0.4) is 0 Å². The first-order valence-corrected chi connectivity index (χ1v) is 5.92. The Hall–Kier alpha value is -2.20. The van der Waals surface area contributed by atoms with Crippen molar-refractivity contribution in [1.82, 2.24) is 0 Å². The van der Waals surface area contributed by atoms with Gasteiger partial charge in [0, 0.05) is 10.7 Å². The van der Waals surface area contributed by atoms with Crippen molar-refractivity contribution in [3.8, 4) is 5.75 Å². The number of hydrogen-bond donors (Lipinski definition) is 2. The smallest absolute Gasteiger partial charge is 0.340 e. The molecule has 2 aromatic carbocycles. The summed E-state index contributed by atoms with van der Waals surface area (Å²) in [5, 5.41) is 12.7. The van der Waals surface area contributed by atoms with E-state index >= 15 is 0 Å². The van der Waals surface area contributed by atoms with Crippen LogP contribution in [-0.2, 0) is 4.74 Å². The van der Waals surface area contributed by atoms with Crippen LogP contribution in [-0.4, -0.2) is 18.2 Å². The molecule has 2 N–H and O–H groups in total. The fraction of sp³-hybridized carbons (Fsp3) is 0.0714. The van der Waals surface area contributed by atoms with E-state index in [1.165, 1.54) is 13.2 Å². The summed E-state index contributed by atoms with van der Waals surface area (Å²) >= 11 is 5.87. The number of rotatable bonds is 3. The Balaban J connectivity index is 2.34. The van der Waals surface area contributed by atoms with Crippen molar-refractivity contribution in [2.75, 3.05) is 12.4 Å². The standard InChI is InChI=1S/C14H12ClNO3/c1-19-14(18)12-8-9(15)2-7-13(12)16-10-3-5-11(17)6-4-10/h2-8,16-17H,1H3. The molecule has 0 spiro atoms. The third-order valence-corrected chi connectivity index (χ3v) is 2.77. The van der Waals surface area contributed by atoms with Crippen molar-refractivity contribution in [2.45, 2.75) is 0 Å². The minimum absolute atomic E-state index is 0.176. The Kier molecular flexibility index (Phi) is 3.92. The molecule has 0 unspecified atom stereocenters. The number of carbonyl (C=O) groups is 1. The molecule has 0 amide bonds. The molecule has 0 saturated heterocycles. The maximum absolute atomic E-state index is 11.7. The first kappa shape index (κ1) is 13.2. The number of phenolic OH excluding ortho intramolecular Hbond substituents is 1. The quantitative estimate of drug-likeness (QED) is 0.665. The van der Waals surface area contributed by atoms with E-state index in [-0.39, 0.29) is 5.75 Å². The van der Waals surface area contributed by atoms with Crippen LogP contribution in [0.2, 0.25) is 5.02 Å². The van der Waals surface area contributed by atoms with Crippen LogP contribution in [0.25, 0.3) is 0 Å². The van der Waals surface area contributed by atoms with Gasteiger partial charge in [0.2, 0.25) is 0 Å². The highest BCUT2D eigenvalue weighted by Gasteiger charge is 2.12. The first-order chi connectivity index (χ1) is 9.10. The average Bonchev–Trinajstić information content (AvgIpc) is 2.42. The number of nitrogens with one attached hydrogen (secondary N) is 1. The predicted octanol–water partition coefficient (Wildman–Crippen LogP) is 3.58. The molecule has 4 nitrogen and oxygen atoms in total. The topological polar surface area (TPSA) is 58.6 Å². The minimum Gasteiger partial charge on any atom is -0.508 e. The molecule has 5 heteroatoms. The van der Waals surface area contributed by atoms with Crippen molar-refractivity contribution < 1.29 is 14.6 Å². The fourth-order valence-corrected chi connectivity index (χ4v) is 1.78. The summed E-state index contributed by atoms with van der Waals surface area (Å²) < 4.78 is 4.71. The highest BCUT2D eigenvalue weighted by molar-refractivity contribution is 6.31. The summed E-state index contributed by atoms with van der Waals surface area (Å²) in [6, 6.07) is 11.4. The molecule has 19 heavy (non-hydrogen) atoms. The van der Waals surface area contributed by atoms with E-state index in [0.29, 0.717) is 16.3 Å². The van der Waals surface area contributed by atoms with E-state index in [9.17, 15) is 9.90 Å². The molecule has 0 atom stereocenters. The van der Waals surface area contributed by atoms with E-state index in [4.69, 9.17) is 16.3 Å². The maximum atomic E-state index is 11.7. The largest absolute Gasteiger partial charge is 0.508 e. The van der Waals surface area contributed by atoms with Crippen molar-refractivity contribution >= 4 is 28.9 Å². The van der Waals surface area contributed by atoms with Gasteiger partial charge in [0.05, 0.1) is 18.4 Å². The first-order valence-electron chi connectivity index (χ1n) is 5.54. The lowest BCUT2D eigenvalue weighted by molar-refractivity contribution is 0.0602. The number of hydrogen-bond acceptors (Lipinski definition) is 4. The zero-order chi connectivity index (χ0) is 13.8. The molecular formula is C14H12ClNO3. The van der Waals surface area contributed by atoms with Crippen LogP contribution >= 0.6 is 11.6 Å². The third-order valence-electron chi connectivity index (χ3n) is 2.53. The Morgan fingerprint density at radius 2 is 1.89 bits per heavy atom. The molecule has 0 heterocycles. The van der Waals surface area contributed by atoms with E-state index < -0.39 is 5.97 Å². The number of anilines is 2. The molecule has 0 fully saturated rings. The second kappa shape index (κ2) is 5.63. The Morgan fingerprint density at radius 1 is 1.21 bits per heavy atom. The predicted molar refractivity (Wildman–Crippen MR) is 74.2 cm³/mol. The zero-order valence-corrected chi connectivity index (χ0v) is 10.9. The summed E-state index contributed by atoms with van der Waals surface area (Å²) in [5.74, 6) is -0.293. The fourth-order valence-electron chi connectivity index (χ4n) is 1.60. The van der Waals surface area contributed by atoms with Crippen LogP contribution < -0.4 is 5.32 Å². The Bertz CT molecular complexity index is 596. The normalized spacial score (nSPS) is 10.0. The van der Waals surface area contributed by atoms with Crippen molar-refractivity contribution in [3.63, 3.8) is 0 Å². The molecule has 0 aliphatic heterocycles. The van der Waals surface area contributed by atoms with Gasteiger partial charge in [-0.3, -0.25) is 0 Å². The summed E-state index contributed by atoms with van der Waals surface area (Å²) in [7, 11) is 1.31. The molecule has 2 rings (SSSR count). The number of phenols is 1. The monoisotopic (exact) mass is 277 g/mol. The lowest BCUT2D eigenvalue weighted by Gasteiger charge is -2.11. The number of carbonyl (C=O) groups excluding carboxylic acids is 1. The van der Waals surface area contributed by atoms with Gasteiger partial charge in [-0.15, -0.1) is 0 Å². The van der Waals surface area contributed by atoms with Crippen LogP contribution in [0.1, 0.15) is 10.4 Å². The van der Waals surface area contributed by atoms with Gasteiger partial charge in [0.15, 0.2) is 0 Å². The van der Waals surface area contributed by atoms with E-state index in [1.54, 1.807) is 36.4 Å². The van der Waals surface area contributed by atoms with Crippen molar-refractivity contribution in [3.05, 3.63) is 53.1 Å². The van der Waals surface area contributed by atoms with E-state index in [1.807, 2.05) is 0 Å². The highest BCUT2D eigenvalue weighted by atomic mass is 35.5. The molecule has 0 aromatic heterocycles. The maximum Gasteiger partial charge on any atom is 0.340 e. The Morgan fingerprint density at radius 3 is 2.53 bits per heavy atom. The van der Waals surface area contributed by atoms with Gasteiger partial charge >= 0.3 is 5.97 Å². The van der Waals surface area contributed by atoms with E-state index in [2.05, 4.69) is 5.32 Å². The third kappa shape index (κ3) is 3.17. The number of halogens is 1. The minimum atomic E-state index is -0.469. The molecule has 0 aliphatic rings. The molecule has 98 valence electrons. The van der Waals surface area contributed by atoms with E-state index in [0.717, 1.165) is 5.69 Å². The Labute approximate surface area is 115 Å². The van der Waals surface area contributed by atoms with Crippen LogP contribution in [0.15, 0.2) is 42.5 Å². The van der Waals surface area contributed by atoms with Gasteiger partial charge < -0.3 is 15.2 Å². The van der Waals surface area contributed by atoms with Crippen LogP contribution in [0, 0.1) is 0 Å². The zero-order valence-electron chi connectivity index (χ0n) is 10.2. The lowest BCUT2D eigenvalue weighted by atomic mass is 10.1. The molecule has 0 bridgehead atoms. The number of ether oxygens (including phenoxy) is 1. The van der Waals surface area contributed by atoms with Crippen LogP contribution in [0.4, 0.5) is 11.4 Å². The average molecular weight is 278 g/mol. The second-order valence-corrected chi connectivity index (χ2v) is 4.29. The van der Waals surface area contributed by atoms with Gasteiger partial charge in [-0.1, -0.05) is 11.6 Å². The summed E-state index contributed by atoms with van der Waals surface area (Å²) in [6.45, 7) is 0. The number of benzene rings is 2. The molecule has 0 saturated carbocycles. The number of aromatic hydroxyl groups is 1.